The first-order chi connectivity index (χ1) is 14.2. The fraction of sp³-hybridized carbons (Fsp3) is 0.364. The Labute approximate surface area is 192 Å². The third-order valence-electron chi connectivity index (χ3n) is 5.13. The number of carbonyl (C=O) groups excluding carboxylic acids is 1. The molecular weight excluding hydrogens is 436 g/mol. The number of anilines is 1. The summed E-state index contributed by atoms with van der Waals surface area (Å²) in [6.45, 7) is 6.97. The topological polar surface area (TPSA) is 79.6 Å². The molecule has 2 aromatic carbocycles. The van der Waals surface area contributed by atoms with Gasteiger partial charge in [0.25, 0.3) is 11.6 Å². The maximum Gasteiger partial charge on any atom is 0.273 e. The summed E-state index contributed by atoms with van der Waals surface area (Å²) in [7, 11) is 3.97. The predicted molar refractivity (Wildman–Crippen MR) is 129 cm³/mol. The number of thiazole rings is 1. The minimum Gasteiger partial charge on any atom is -0.309 e. The van der Waals surface area contributed by atoms with Crippen LogP contribution in [0.5, 0.6) is 0 Å². The Bertz CT molecular complexity index is 1070. The molecule has 0 bridgehead atoms. The van der Waals surface area contributed by atoms with Gasteiger partial charge in [-0.05, 0) is 65.0 Å². The number of aryl methyl sites for hydroxylation is 2. The quantitative estimate of drug-likeness (QED) is 0.358. The molecule has 1 aromatic heterocycles. The highest BCUT2D eigenvalue weighted by atomic mass is 35.5. The highest BCUT2D eigenvalue weighted by Gasteiger charge is 2.26. The molecule has 0 fully saturated rings. The first kappa shape index (κ1) is 24.7. The summed E-state index contributed by atoms with van der Waals surface area (Å²) in [6.07, 6.45) is 0.764. The van der Waals surface area contributed by atoms with E-state index in [1.807, 2.05) is 34.0 Å². The van der Waals surface area contributed by atoms with Crippen LogP contribution in [0, 0.1) is 30.9 Å². The van der Waals surface area contributed by atoms with Crippen LogP contribution in [0.4, 0.5) is 10.8 Å². The Morgan fingerprint density at radius 3 is 2.39 bits per heavy atom. The van der Waals surface area contributed by atoms with Crippen LogP contribution in [0.1, 0.15) is 33.5 Å². The zero-order valence-electron chi connectivity index (χ0n) is 18.3. The van der Waals surface area contributed by atoms with Crippen molar-refractivity contribution < 1.29 is 9.72 Å². The third-order valence-corrected chi connectivity index (χ3v) is 6.34. The molecular formula is C22H27ClN4O3S. The minimum absolute atomic E-state index is 0. The molecule has 166 valence electrons. The van der Waals surface area contributed by atoms with Crippen LogP contribution in [0.25, 0.3) is 10.2 Å². The SMILES string of the molecule is Cc1c(C(=O)N(CCCN(C)C)c2nc3c(C)ccc(C)c3s2)cccc1[N+](=O)[O-].Cl. The number of carbonyl (C=O) groups is 1. The molecule has 0 aliphatic heterocycles. The molecule has 0 aliphatic carbocycles. The van der Waals surface area contributed by atoms with E-state index in [2.05, 4.69) is 11.0 Å². The maximum absolute atomic E-state index is 13.5. The number of hydrogen-bond donors (Lipinski definition) is 0. The summed E-state index contributed by atoms with van der Waals surface area (Å²) in [5.41, 5.74) is 3.73. The molecule has 31 heavy (non-hydrogen) atoms. The molecule has 0 unspecified atom stereocenters. The molecule has 3 rings (SSSR count). The van der Waals surface area contributed by atoms with Crippen LogP contribution in [0.2, 0.25) is 0 Å². The van der Waals surface area contributed by atoms with Crippen molar-refractivity contribution in [3.8, 4) is 0 Å². The number of fused-ring (bicyclic) bond motifs is 1. The summed E-state index contributed by atoms with van der Waals surface area (Å²) in [5.74, 6) is -0.260. The maximum atomic E-state index is 13.5. The molecule has 0 spiro atoms. The first-order valence-electron chi connectivity index (χ1n) is 9.78. The van der Waals surface area contributed by atoms with Crippen molar-refractivity contribution in [2.24, 2.45) is 0 Å². The normalized spacial score (nSPS) is 10.9. The smallest absolute Gasteiger partial charge is 0.273 e. The zero-order valence-corrected chi connectivity index (χ0v) is 20.0. The lowest BCUT2D eigenvalue weighted by Crippen LogP contribution is -2.34. The van der Waals surface area contributed by atoms with Gasteiger partial charge >= 0.3 is 0 Å². The summed E-state index contributed by atoms with van der Waals surface area (Å²) in [6, 6.07) is 8.72. The number of hydrogen-bond acceptors (Lipinski definition) is 6. The third kappa shape index (κ3) is 5.20. The second kappa shape index (κ2) is 10.2. The van der Waals surface area contributed by atoms with Gasteiger partial charge in [0.05, 0.1) is 15.1 Å². The van der Waals surface area contributed by atoms with E-state index in [9.17, 15) is 14.9 Å². The molecule has 3 aromatic rings. The van der Waals surface area contributed by atoms with Gasteiger partial charge in [-0.3, -0.25) is 19.8 Å². The van der Waals surface area contributed by atoms with E-state index in [1.165, 1.54) is 17.4 Å². The molecule has 0 saturated heterocycles. The van der Waals surface area contributed by atoms with E-state index in [1.54, 1.807) is 24.0 Å². The summed E-state index contributed by atoms with van der Waals surface area (Å²) < 4.78 is 1.06. The van der Waals surface area contributed by atoms with Crippen molar-refractivity contribution in [1.29, 1.82) is 0 Å². The lowest BCUT2D eigenvalue weighted by atomic mass is 10.1. The van der Waals surface area contributed by atoms with E-state index in [0.29, 0.717) is 22.8 Å². The van der Waals surface area contributed by atoms with Gasteiger partial charge in [-0.15, -0.1) is 12.4 Å². The number of nitro benzene ring substituents is 1. The number of rotatable bonds is 7. The fourth-order valence-electron chi connectivity index (χ4n) is 3.39. The molecule has 0 saturated carbocycles. The van der Waals surface area contributed by atoms with Crippen LogP contribution in [0.3, 0.4) is 0 Å². The molecule has 1 amide bonds. The Kier molecular flexibility index (Phi) is 8.11. The van der Waals surface area contributed by atoms with E-state index in [4.69, 9.17) is 4.98 Å². The molecule has 0 N–H and O–H groups in total. The van der Waals surface area contributed by atoms with Crippen molar-refractivity contribution in [1.82, 2.24) is 9.88 Å². The van der Waals surface area contributed by atoms with Gasteiger partial charge in [-0.25, -0.2) is 4.98 Å². The first-order valence-corrected chi connectivity index (χ1v) is 10.6. The fourth-order valence-corrected chi connectivity index (χ4v) is 4.53. The van der Waals surface area contributed by atoms with E-state index in [0.717, 1.165) is 34.3 Å². The van der Waals surface area contributed by atoms with Gasteiger partial charge in [0.2, 0.25) is 0 Å². The number of halogens is 1. The average Bonchev–Trinajstić information content (AvgIpc) is 3.14. The molecule has 1 heterocycles. The largest absolute Gasteiger partial charge is 0.309 e. The predicted octanol–water partition coefficient (Wildman–Crippen LogP) is 5.15. The molecule has 0 aliphatic rings. The molecule has 0 atom stereocenters. The van der Waals surface area contributed by atoms with Crippen molar-refractivity contribution >= 4 is 50.7 Å². The van der Waals surface area contributed by atoms with Crippen LogP contribution in [-0.2, 0) is 0 Å². The van der Waals surface area contributed by atoms with Crippen molar-refractivity contribution in [2.75, 3.05) is 32.1 Å². The zero-order chi connectivity index (χ0) is 22.0. The number of aromatic nitrogens is 1. The van der Waals surface area contributed by atoms with Crippen molar-refractivity contribution in [3.63, 3.8) is 0 Å². The van der Waals surface area contributed by atoms with Gasteiger partial charge in [-0.1, -0.05) is 29.5 Å². The molecule has 7 nitrogen and oxygen atoms in total. The Morgan fingerprint density at radius 1 is 1.10 bits per heavy atom. The van der Waals surface area contributed by atoms with Crippen LogP contribution < -0.4 is 4.90 Å². The van der Waals surface area contributed by atoms with Crippen molar-refractivity contribution in [2.45, 2.75) is 27.2 Å². The molecule has 9 heteroatoms. The highest BCUT2D eigenvalue weighted by molar-refractivity contribution is 7.22. The van der Waals surface area contributed by atoms with E-state index >= 15 is 0 Å². The average molecular weight is 463 g/mol. The van der Waals surface area contributed by atoms with Gasteiger partial charge in [0.15, 0.2) is 5.13 Å². The number of nitrogens with zero attached hydrogens (tertiary/aromatic N) is 4. The highest BCUT2D eigenvalue weighted by Crippen LogP contribution is 2.34. The van der Waals surface area contributed by atoms with Gasteiger partial charge in [0.1, 0.15) is 0 Å². The monoisotopic (exact) mass is 462 g/mol. The Balaban J connectivity index is 0.00000341. The van der Waals surface area contributed by atoms with Crippen LogP contribution >= 0.6 is 23.7 Å². The lowest BCUT2D eigenvalue weighted by Gasteiger charge is -2.21. The number of amides is 1. The van der Waals surface area contributed by atoms with Crippen molar-refractivity contribution in [3.05, 3.63) is 62.7 Å². The standard InChI is InChI=1S/C22H26N4O3S.ClH/c1-14-10-11-15(2)20-19(14)23-22(30-20)25(13-7-12-24(4)5)21(27)17-8-6-9-18(16(17)3)26(28)29;/h6,8-11H,7,12-13H2,1-5H3;1H. The number of benzene rings is 2. The second-order valence-electron chi connectivity index (χ2n) is 7.69. The Morgan fingerprint density at radius 2 is 1.77 bits per heavy atom. The second-order valence-corrected chi connectivity index (χ2v) is 8.67. The lowest BCUT2D eigenvalue weighted by molar-refractivity contribution is -0.385. The van der Waals surface area contributed by atoms with Crippen LogP contribution in [0.15, 0.2) is 30.3 Å². The number of nitro groups is 1. The van der Waals surface area contributed by atoms with Crippen LogP contribution in [-0.4, -0.2) is 47.9 Å². The van der Waals surface area contributed by atoms with E-state index in [-0.39, 0.29) is 24.0 Å². The summed E-state index contributed by atoms with van der Waals surface area (Å²) in [4.78, 5) is 32.9. The van der Waals surface area contributed by atoms with E-state index < -0.39 is 4.92 Å². The Hall–Kier alpha value is -2.55. The minimum atomic E-state index is -0.451. The summed E-state index contributed by atoms with van der Waals surface area (Å²) >= 11 is 1.49. The van der Waals surface area contributed by atoms with Gasteiger partial charge in [-0.2, -0.15) is 0 Å². The van der Waals surface area contributed by atoms with Gasteiger partial charge in [0, 0.05) is 23.7 Å². The van der Waals surface area contributed by atoms with Gasteiger partial charge < -0.3 is 4.90 Å². The molecule has 0 radical (unpaired) electrons. The summed E-state index contributed by atoms with van der Waals surface area (Å²) in [5, 5.41) is 12.0.